The van der Waals surface area contributed by atoms with Gasteiger partial charge in [-0.3, -0.25) is 4.79 Å². The number of aliphatic hydroxyl groups is 1. The molecule has 0 radical (unpaired) electrons. The van der Waals surface area contributed by atoms with Crippen LogP contribution in [0, 0.1) is 6.92 Å². The number of hydrogen-bond donors (Lipinski definition) is 3. The van der Waals surface area contributed by atoms with Crippen LogP contribution in [0.3, 0.4) is 0 Å². The third-order valence-electron chi connectivity index (χ3n) is 4.62. The molecule has 0 unspecified atom stereocenters. The van der Waals surface area contributed by atoms with Crippen molar-refractivity contribution in [1.82, 2.24) is 10.5 Å². The van der Waals surface area contributed by atoms with Crippen molar-refractivity contribution >= 4 is 5.91 Å². The summed E-state index contributed by atoms with van der Waals surface area (Å²) in [5.41, 5.74) is 6.02. The van der Waals surface area contributed by atoms with Crippen LogP contribution in [0.5, 0.6) is 0 Å². The minimum atomic E-state index is -0.549. The number of carbonyl (C=O) groups excluding carboxylic acids is 1. The summed E-state index contributed by atoms with van der Waals surface area (Å²) in [6, 6.07) is 1.61. The first kappa shape index (κ1) is 12.6. The molecule has 3 fully saturated rings. The molecule has 4 rings (SSSR count). The Labute approximate surface area is 111 Å². The summed E-state index contributed by atoms with van der Waals surface area (Å²) in [5, 5.41) is 16.8. The molecule has 0 saturated heterocycles. The molecule has 1 atom stereocenters. The summed E-state index contributed by atoms with van der Waals surface area (Å²) in [5.74, 6) is -0.0456. The number of carbonyl (C=O) groups is 1. The van der Waals surface area contributed by atoms with E-state index in [4.69, 9.17) is 10.3 Å². The van der Waals surface area contributed by atoms with E-state index in [2.05, 4.69) is 10.5 Å². The van der Waals surface area contributed by atoms with Gasteiger partial charge in [-0.15, -0.1) is 0 Å². The van der Waals surface area contributed by atoms with Gasteiger partial charge in [0.15, 0.2) is 0 Å². The molecule has 0 spiro atoms. The number of nitrogens with two attached hydrogens (primary N) is 1. The molecule has 0 aromatic carbocycles. The highest BCUT2D eigenvalue weighted by molar-refractivity contribution is 5.92. The molecule has 4 N–H and O–H groups in total. The first-order valence-electron chi connectivity index (χ1n) is 6.65. The number of nitrogens with zero attached hydrogens (tertiary/aromatic N) is 1. The largest absolute Gasteiger partial charge is 0.391 e. The lowest BCUT2D eigenvalue weighted by Crippen LogP contribution is -2.68. The number of amides is 1. The second-order valence-electron chi connectivity index (χ2n) is 6.02. The van der Waals surface area contributed by atoms with Crippen molar-refractivity contribution in [2.45, 2.75) is 56.2 Å². The maximum Gasteiger partial charge on any atom is 0.290 e. The zero-order chi connectivity index (χ0) is 13.7. The lowest BCUT2D eigenvalue weighted by molar-refractivity contribution is -0.0414. The Kier molecular flexibility index (Phi) is 2.69. The highest BCUT2D eigenvalue weighted by atomic mass is 16.5. The molecule has 2 bridgehead atoms. The molecule has 1 heterocycles. The van der Waals surface area contributed by atoms with Crippen LogP contribution in [0.1, 0.15) is 48.4 Å². The van der Waals surface area contributed by atoms with Crippen molar-refractivity contribution in [2.75, 3.05) is 0 Å². The number of hydrogen-bond acceptors (Lipinski definition) is 5. The fraction of sp³-hybridized carbons (Fsp3) is 0.692. The number of nitrogens with one attached hydrogen (secondary N) is 1. The second kappa shape index (κ2) is 4.05. The standard InChI is InChI=1S/C13H19N3O3/c1-8-6-9(19-16-8)11(18)15-12-2-4-13(14,5-3-12)10(17)7-12/h6,10,17H,2-5,7,14H2,1H3,(H,15,18)/t10-,12?,13?/m0/s1. The Morgan fingerprint density at radius 1 is 1.53 bits per heavy atom. The van der Waals surface area contributed by atoms with Gasteiger partial charge in [0.05, 0.1) is 11.8 Å². The summed E-state index contributed by atoms with van der Waals surface area (Å²) >= 11 is 0. The van der Waals surface area contributed by atoms with Crippen LogP contribution in [0.2, 0.25) is 0 Å². The molecule has 1 aromatic rings. The third-order valence-corrected chi connectivity index (χ3v) is 4.62. The predicted molar refractivity (Wildman–Crippen MR) is 67.4 cm³/mol. The minimum Gasteiger partial charge on any atom is -0.391 e. The van der Waals surface area contributed by atoms with Crippen molar-refractivity contribution in [3.63, 3.8) is 0 Å². The van der Waals surface area contributed by atoms with Gasteiger partial charge in [0.25, 0.3) is 5.91 Å². The van der Waals surface area contributed by atoms with Gasteiger partial charge in [0.2, 0.25) is 5.76 Å². The summed E-state index contributed by atoms with van der Waals surface area (Å²) < 4.78 is 4.97. The number of aryl methyl sites for hydroxylation is 1. The Bertz CT molecular complexity index is 503. The van der Waals surface area contributed by atoms with Crippen molar-refractivity contribution in [2.24, 2.45) is 5.73 Å². The first-order chi connectivity index (χ1) is 8.92. The van der Waals surface area contributed by atoms with E-state index in [9.17, 15) is 9.90 Å². The van der Waals surface area contributed by atoms with Crippen molar-refractivity contribution in [1.29, 1.82) is 0 Å². The molecule has 104 valence electrons. The first-order valence-corrected chi connectivity index (χ1v) is 6.65. The van der Waals surface area contributed by atoms with Crippen molar-refractivity contribution < 1.29 is 14.4 Å². The number of rotatable bonds is 2. The predicted octanol–water partition coefficient (Wildman–Crippen LogP) is 0.488. The zero-order valence-corrected chi connectivity index (χ0v) is 11.0. The van der Waals surface area contributed by atoms with Gasteiger partial charge in [-0.2, -0.15) is 0 Å². The summed E-state index contributed by atoms with van der Waals surface area (Å²) in [7, 11) is 0. The maximum atomic E-state index is 12.1. The van der Waals surface area contributed by atoms with Crippen LogP contribution in [-0.4, -0.2) is 33.4 Å². The average Bonchev–Trinajstić information content (AvgIpc) is 2.79. The minimum absolute atomic E-state index is 0.219. The molecule has 6 nitrogen and oxygen atoms in total. The topological polar surface area (TPSA) is 101 Å². The monoisotopic (exact) mass is 265 g/mol. The molecule has 3 saturated carbocycles. The number of aliphatic hydroxyl groups excluding tert-OH is 1. The van der Waals surface area contributed by atoms with E-state index < -0.39 is 11.6 Å². The molecular weight excluding hydrogens is 246 g/mol. The van der Waals surface area contributed by atoms with Gasteiger partial charge in [-0.25, -0.2) is 0 Å². The Morgan fingerprint density at radius 2 is 2.21 bits per heavy atom. The molecule has 6 heteroatoms. The van der Waals surface area contributed by atoms with Gasteiger partial charge in [0, 0.05) is 17.1 Å². The van der Waals surface area contributed by atoms with Gasteiger partial charge >= 0.3 is 0 Å². The fourth-order valence-electron chi connectivity index (χ4n) is 3.25. The Balaban J connectivity index is 1.75. The maximum absolute atomic E-state index is 12.1. The lowest BCUT2D eigenvalue weighted by Gasteiger charge is -2.54. The number of fused-ring (bicyclic) bond motifs is 3. The molecule has 3 aliphatic rings. The summed E-state index contributed by atoms with van der Waals surface area (Å²) in [4.78, 5) is 12.1. The highest BCUT2D eigenvalue weighted by Gasteiger charge is 2.52. The van der Waals surface area contributed by atoms with E-state index in [0.717, 1.165) is 25.7 Å². The molecule has 0 aliphatic heterocycles. The van der Waals surface area contributed by atoms with Gasteiger partial charge in [-0.05, 0) is 39.0 Å². The average molecular weight is 265 g/mol. The van der Waals surface area contributed by atoms with E-state index in [1.54, 1.807) is 13.0 Å². The van der Waals surface area contributed by atoms with E-state index >= 15 is 0 Å². The van der Waals surface area contributed by atoms with Crippen LogP contribution in [-0.2, 0) is 0 Å². The molecule has 1 aromatic heterocycles. The van der Waals surface area contributed by atoms with Crippen molar-refractivity contribution in [3.05, 3.63) is 17.5 Å². The summed E-state index contributed by atoms with van der Waals surface area (Å²) in [6.07, 6.45) is 3.06. The Hall–Kier alpha value is -1.40. The third kappa shape index (κ3) is 2.04. The van der Waals surface area contributed by atoms with Crippen LogP contribution >= 0.6 is 0 Å². The zero-order valence-electron chi connectivity index (χ0n) is 11.0. The van der Waals surface area contributed by atoms with E-state index in [-0.39, 0.29) is 17.2 Å². The Morgan fingerprint density at radius 3 is 2.74 bits per heavy atom. The van der Waals surface area contributed by atoms with E-state index in [1.165, 1.54) is 0 Å². The second-order valence-corrected chi connectivity index (χ2v) is 6.02. The van der Waals surface area contributed by atoms with E-state index in [0.29, 0.717) is 12.1 Å². The molecule has 3 aliphatic carbocycles. The molecule has 19 heavy (non-hydrogen) atoms. The number of aromatic nitrogens is 1. The SMILES string of the molecule is Cc1cc(C(=O)NC23CCC(N)(CC2)[C@@H](O)C3)on1. The van der Waals surface area contributed by atoms with Gasteiger partial charge in [-0.1, -0.05) is 5.16 Å². The fourth-order valence-corrected chi connectivity index (χ4v) is 3.25. The van der Waals surface area contributed by atoms with Crippen LogP contribution < -0.4 is 11.1 Å². The summed E-state index contributed by atoms with van der Waals surface area (Å²) in [6.45, 7) is 1.77. The van der Waals surface area contributed by atoms with Crippen molar-refractivity contribution in [3.8, 4) is 0 Å². The quantitative estimate of drug-likeness (QED) is 0.722. The smallest absolute Gasteiger partial charge is 0.290 e. The normalized spacial score (nSPS) is 37.3. The molecular formula is C13H19N3O3. The van der Waals surface area contributed by atoms with Gasteiger partial charge < -0.3 is 20.7 Å². The van der Waals surface area contributed by atoms with Crippen LogP contribution in [0.15, 0.2) is 10.6 Å². The van der Waals surface area contributed by atoms with Gasteiger partial charge in [0.1, 0.15) is 0 Å². The lowest BCUT2D eigenvalue weighted by atomic mass is 9.60. The molecule has 1 amide bonds. The van der Waals surface area contributed by atoms with Crippen LogP contribution in [0.25, 0.3) is 0 Å². The van der Waals surface area contributed by atoms with Crippen LogP contribution in [0.4, 0.5) is 0 Å². The highest BCUT2D eigenvalue weighted by Crippen LogP contribution is 2.45. The van der Waals surface area contributed by atoms with E-state index in [1.807, 2.05) is 0 Å².